The van der Waals surface area contributed by atoms with Crippen LogP contribution in [-0.4, -0.2) is 20.6 Å². The Bertz CT molecular complexity index is 651. The van der Waals surface area contributed by atoms with Gasteiger partial charge in [-0.15, -0.1) is 0 Å². The minimum Gasteiger partial charge on any atom is -0.429 e. The van der Waals surface area contributed by atoms with Gasteiger partial charge in [0, 0.05) is 0 Å². The quantitative estimate of drug-likeness (QED) is 0.650. The number of benzene rings is 1. The lowest BCUT2D eigenvalue weighted by molar-refractivity contribution is 0.583. The Morgan fingerprint density at radius 2 is 1.79 bits per heavy atom. The Morgan fingerprint density at radius 3 is 2.26 bits per heavy atom. The van der Waals surface area contributed by atoms with Crippen LogP contribution in [0.15, 0.2) is 28.7 Å². The number of H-pyrrole nitrogens is 1. The molecule has 1 aliphatic rings. The zero-order valence-corrected chi connectivity index (χ0v) is 12.9. The van der Waals surface area contributed by atoms with Crippen molar-refractivity contribution in [3.8, 4) is 0 Å². The molecule has 0 atom stereocenters. The monoisotopic (exact) mass is 311 g/mol. The molecule has 7 heteroatoms. The number of fused-ring (bicyclic) bond motifs is 1. The van der Waals surface area contributed by atoms with Gasteiger partial charge in [-0.05, 0) is 50.4 Å². The molecule has 1 aliphatic heterocycles. The molecule has 0 amide bonds. The van der Waals surface area contributed by atoms with Crippen molar-refractivity contribution in [1.82, 2.24) is 15.6 Å². The Balaban J connectivity index is 0.000000141. The van der Waals surface area contributed by atoms with E-state index in [2.05, 4.69) is 15.6 Å². The second-order valence-electron chi connectivity index (χ2n) is 4.54. The van der Waals surface area contributed by atoms with E-state index in [4.69, 9.17) is 41.1 Å². The summed E-state index contributed by atoms with van der Waals surface area (Å²) in [5, 5.41) is 6.51. The molecule has 0 saturated carbocycles. The molecule has 1 fully saturated rings. The summed E-state index contributed by atoms with van der Waals surface area (Å²) in [6.45, 7) is 3.98. The molecule has 3 rings (SSSR count). The van der Waals surface area contributed by atoms with Gasteiger partial charge in [0.15, 0.2) is 10.7 Å². The molecule has 2 aromatic rings. The highest BCUT2D eigenvalue weighted by molar-refractivity contribution is 7.82. The third-order valence-corrected chi connectivity index (χ3v) is 3.55. The van der Waals surface area contributed by atoms with Gasteiger partial charge < -0.3 is 20.0 Å². The van der Waals surface area contributed by atoms with E-state index in [1.807, 2.05) is 38.1 Å². The molecular formula is C12H13N3OS3. The SMILES string of the molecule is CC1(C)NC(=S)NC1=S.S=c1[nH]c2ccccc2o1. The fourth-order valence-corrected chi connectivity index (χ4v) is 2.30. The number of hydrogen-bond donors (Lipinski definition) is 3. The van der Waals surface area contributed by atoms with E-state index in [-0.39, 0.29) is 5.54 Å². The molecule has 1 saturated heterocycles. The smallest absolute Gasteiger partial charge is 0.266 e. The zero-order valence-electron chi connectivity index (χ0n) is 10.4. The van der Waals surface area contributed by atoms with Crippen LogP contribution in [0.2, 0.25) is 0 Å². The molecule has 0 aliphatic carbocycles. The summed E-state index contributed by atoms with van der Waals surface area (Å²) < 4.78 is 5.13. The van der Waals surface area contributed by atoms with Crippen LogP contribution in [0.4, 0.5) is 0 Å². The summed E-state index contributed by atoms with van der Waals surface area (Å²) in [6, 6.07) is 7.65. The standard InChI is InChI=1S/C7H5NOS.C5H8N2S2/c10-7-8-5-3-1-2-4-6(5)9-7;1-5(2)3(8)6-4(9)7-5/h1-4H,(H,8,10);1-2H3,(H2,6,7,8,9). The summed E-state index contributed by atoms with van der Waals surface area (Å²) in [5.41, 5.74) is 1.62. The molecule has 0 radical (unpaired) electrons. The molecule has 0 unspecified atom stereocenters. The number of oxazole rings is 1. The van der Waals surface area contributed by atoms with Gasteiger partial charge in [0.05, 0.1) is 11.1 Å². The second kappa shape index (κ2) is 5.36. The Morgan fingerprint density at radius 1 is 1.11 bits per heavy atom. The van der Waals surface area contributed by atoms with Crippen molar-refractivity contribution < 1.29 is 4.42 Å². The average molecular weight is 311 g/mol. The van der Waals surface area contributed by atoms with Gasteiger partial charge in [-0.3, -0.25) is 0 Å². The minimum atomic E-state index is -0.146. The van der Waals surface area contributed by atoms with Crippen molar-refractivity contribution in [2.45, 2.75) is 19.4 Å². The summed E-state index contributed by atoms with van der Waals surface area (Å²) in [4.78, 5) is 4.11. The zero-order chi connectivity index (χ0) is 14.0. The van der Waals surface area contributed by atoms with Crippen molar-refractivity contribution >= 4 is 57.9 Å². The van der Waals surface area contributed by atoms with Crippen molar-refractivity contribution in [1.29, 1.82) is 0 Å². The van der Waals surface area contributed by atoms with Crippen LogP contribution in [0.1, 0.15) is 13.8 Å². The molecule has 4 nitrogen and oxygen atoms in total. The Labute approximate surface area is 126 Å². The first-order valence-corrected chi connectivity index (χ1v) is 6.82. The van der Waals surface area contributed by atoms with Crippen molar-refractivity contribution in [3.05, 3.63) is 29.1 Å². The number of rotatable bonds is 0. The summed E-state index contributed by atoms with van der Waals surface area (Å²) in [5.74, 6) is 0. The van der Waals surface area contributed by atoms with Crippen LogP contribution < -0.4 is 10.6 Å². The topological polar surface area (TPSA) is 53.0 Å². The molecule has 3 N–H and O–H groups in total. The average Bonchev–Trinajstić information content (AvgIpc) is 2.78. The van der Waals surface area contributed by atoms with Crippen molar-refractivity contribution in [2.24, 2.45) is 0 Å². The first-order chi connectivity index (χ1) is 8.88. The maximum absolute atomic E-state index is 5.13. The fraction of sp³-hybridized carbons (Fsp3) is 0.250. The van der Waals surface area contributed by atoms with Gasteiger partial charge >= 0.3 is 0 Å². The van der Waals surface area contributed by atoms with Gasteiger partial charge in [0.1, 0.15) is 4.99 Å². The van der Waals surface area contributed by atoms with Gasteiger partial charge in [-0.25, -0.2) is 0 Å². The van der Waals surface area contributed by atoms with Crippen LogP contribution in [0, 0.1) is 4.84 Å². The number of aromatic nitrogens is 1. The normalized spacial score (nSPS) is 16.5. The van der Waals surface area contributed by atoms with E-state index in [0.29, 0.717) is 9.95 Å². The number of nitrogens with one attached hydrogen (secondary N) is 3. The van der Waals surface area contributed by atoms with E-state index >= 15 is 0 Å². The van der Waals surface area contributed by atoms with Gasteiger partial charge in [0.2, 0.25) is 0 Å². The molecular weight excluding hydrogens is 298 g/mol. The Kier molecular flexibility index (Phi) is 3.98. The lowest BCUT2D eigenvalue weighted by atomic mass is 10.1. The van der Waals surface area contributed by atoms with E-state index in [1.165, 1.54) is 0 Å². The molecule has 19 heavy (non-hydrogen) atoms. The summed E-state index contributed by atoms with van der Waals surface area (Å²) in [6.07, 6.45) is 0. The molecule has 0 bridgehead atoms. The second-order valence-corrected chi connectivity index (χ2v) is 5.73. The number of hydrogen-bond acceptors (Lipinski definition) is 4. The lowest BCUT2D eigenvalue weighted by Crippen LogP contribution is -2.38. The maximum atomic E-state index is 5.13. The van der Waals surface area contributed by atoms with Crippen LogP contribution in [0.5, 0.6) is 0 Å². The number of aromatic amines is 1. The predicted octanol–water partition coefficient (Wildman–Crippen LogP) is 3.06. The van der Waals surface area contributed by atoms with Crippen LogP contribution >= 0.6 is 36.7 Å². The fourth-order valence-electron chi connectivity index (χ4n) is 1.53. The molecule has 2 heterocycles. The van der Waals surface area contributed by atoms with Crippen molar-refractivity contribution in [3.63, 3.8) is 0 Å². The molecule has 1 aromatic carbocycles. The van der Waals surface area contributed by atoms with E-state index < -0.39 is 0 Å². The first-order valence-electron chi connectivity index (χ1n) is 5.60. The van der Waals surface area contributed by atoms with Crippen LogP contribution in [0.25, 0.3) is 11.1 Å². The van der Waals surface area contributed by atoms with Gasteiger partial charge in [-0.2, -0.15) is 0 Å². The summed E-state index contributed by atoms with van der Waals surface area (Å²) >= 11 is 14.6. The highest BCUT2D eigenvalue weighted by Crippen LogP contribution is 2.11. The van der Waals surface area contributed by atoms with E-state index in [1.54, 1.807) is 0 Å². The largest absolute Gasteiger partial charge is 0.429 e. The molecule has 100 valence electrons. The molecule has 0 spiro atoms. The highest BCUT2D eigenvalue weighted by Gasteiger charge is 2.30. The van der Waals surface area contributed by atoms with Crippen molar-refractivity contribution in [2.75, 3.05) is 0 Å². The lowest BCUT2D eigenvalue weighted by Gasteiger charge is -2.14. The van der Waals surface area contributed by atoms with Gasteiger partial charge in [0.25, 0.3) is 4.84 Å². The third-order valence-electron chi connectivity index (χ3n) is 2.55. The summed E-state index contributed by atoms with van der Waals surface area (Å²) in [7, 11) is 0. The number of thiocarbonyl (C=S) groups is 2. The molecule has 1 aromatic heterocycles. The maximum Gasteiger partial charge on any atom is 0.266 e. The number of para-hydroxylation sites is 2. The minimum absolute atomic E-state index is 0.146. The van der Waals surface area contributed by atoms with E-state index in [0.717, 1.165) is 16.1 Å². The van der Waals surface area contributed by atoms with E-state index in [9.17, 15) is 0 Å². The van der Waals surface area contributed by atoms with Gasteiger partial charge in [-0.1, -0.05) is 24.4 Å². The van der Waals surface area contributed by atoms with Crippen LogP contribution in [0.3, 0.4) is 0 Å². The van der Waals surface area contributed by atoms with Crippen LogP contribution in [-0.2, 0) is 0 Å². The Hall–Kier alpha value is -1.31. The highest BCUT2D eigenvalue weighted by atomic mass is 32.1. The third kappa shape index (κ3) is 3.37. The predicted molar refractivity (Wildman–Crippen MR) is 86.9 cm³/mol. The first kappa shape index (κ1) is 14.1.